The number of ketones is 1. The fraction of sp³-hybridized carbons (Fsp3) is 0.231. The van der Waals surface area contributed by atoms with E-state index in [-0.39, 0.29) is 12.2 Å². The molecule has 1 fully saturated rings. The molecule has 2 heterocycles. The van der Waals surface area contributed by atoms with E-state index in [0.29, 0.717) is 17.3 Å². The van der Waals surface area contributed by atoms with Crippen LogP contribution in [0.2, 0.25) is 0 Å². The Kier molecular flexibility index (Phi) is 6.77. The highest BCUT2D eigenvalue weighted by molar-refractivity contribution is 5.91. The summed E-state index contributed by atoms with van der Waals surface area (Å²) in [7, 11) is 2.14. The average molecular weight is 439 g/mol. The highest BCUT2D eigenvalue weighted by Crippen LogP contribution is 2.30. The quantitative estimate of drug-likeness (QED) is 0.433. The number of anilines is 3. The van der Waals surface area contributed by atoms with Crippen LogP contribution in [0, 0.1) is 6.57 Å². The number of aromatic nitrogens is 2. The molecule has 3 aromatic rings. The predicted molar refractivity (Wildman–Crippen MR) is 132 cm³/mol. The molecular weight excluding hydrogens is 412 g/mol. The highest BCUT2D eigenvalue weighted by atomic mass is 16.1. The van der Waals surface area contributed by atoms with E-state index in [0.717, 1.165) is 48.7 Å². The van der Waals surface area contributed by atoms with Crippen molar-refractivity contribution < 1.29 is 4.79 Å². The second kappa shape index (κ2) is 10.1. The summed E-state index contributed by atoms with van der Waals surface area (Å²) in [6.45, 7) is 15.1. The number of nitrogens with one attached hydrogen (secondary N) is 1. The Balaban J connectivity index is 1.59. The molecule has 7 heteroatoms. The summed E-state index contributed by atoms with van der Waals surface area (Å²) in [5, 5.41) is 3.28. The second-order valence-electron chi connectivity index (χ2n) is 8.05. The maximum Gasteiger partial charge on any atom is 0.230 e. The molecule has 1 aliphatic rings. The third kappa shape index (κ3) is 5.43. The Morgan fingerprint density at radius 3 is 2.73 bits per heavy atom. The van der Waals surface area contributed by atoms with Crippen molar-refractivity contribution in [2.24, 2.45) is 0 Å². The van der Waals surface area contributed by atoms with Crippen LogP contribution in [0.1, 0.15) is 5.56 Å². The average Bonchev–Trinajstić information content (AvgIpc) is 2.84. The van der Waals surface area contributed by atoms with Crippen LogP contribution < -0.4 is 10.2 Å². The molecule has 0 radical (unpaired) electrons. The fourth-order valence-electron chi connectivity index (χ4n) is 3.81. The number of carbonyl (C=O) groups is 1. The largest absolute Gasteiger partial charge is 0.369 e. The van der Waals surface area contributed by atoms with Gasteiger partial charge in [0.15, 0.2) is 5.78 Å². The molecule has 1 saturated heterocycles. The van der Waals surface area contributed by atoms with Gasteiger partial charge in [-0.15, -0.1) is 0 Å². The number of benzene rings is 2. The van der Waals surface area contributed by atoms with Crippen molar-refractivity contribution in [3.63, 3.8) is 0 Å². The van der Waals surface area contributed by atoms with Crippen molar-refractivity contribution in [2.75, 3.05) is 43.4 Å². The molecule has 0 atom stereocenters. The van der Waals surface area contributed by atoms with E-state index in [2.05, 4.69) is 55.7 Å². The summed E-state index contributed by atoms with van der Waals surface area (Å²) in [5.41, 5.74) is 4.56. The van der Waals surface area contributed by atoms with Crippen LogP contribution in [0.15, 0.2) is 67.4 Å². The normalized spacial score (nSPS) is 13.9. The molecule has 1 aromatic heterocycles. The Bertz CT molecular complexity index is 1210. The number of hydrogen-bond acceptors (Lipinski definition) is 6. The van der Waals surface area contributed by atoms with Gasteiger partial charge >= 0.3 is 0 Å². The van der Waals surface area contributed by atoms with Crippen LogP contribution in [0.5, 0.6) is 0 Å². The smallest absolute Gasteiger partial charge is 0.230 e. The van der Waals surface area contributed by atoms with Gasteiger partial charge in [0.1, 0.15) is 0 Å². The van der Waals surface area contributed by atoms with Crippen molar-refractivity contribution in [1.29, 1.82) is 0 Å². The molecule has 0 spiro atoms. The van der Waals surface area contributed by atoms with Gasteiger partial charge < -0.3 is 15.1 Å². The maximum absolute atomic E-state index is 11.8. The molecule has 7 nitrogen and oxygen atoms in total. The van der Waals surface area contributed by atoms with Gasteiger partial charge in [-0.25, -0.2) is 14.8 Å². The summed E-state index contributed by atoms with van der Waals surface area (Å²) in [5.74, 6) is 0.364. The SMILES string of the molecule is [C-]#[N+]c1cnc(Nc2cccc(N3CCN(C)CC3)c2)nc1-c1cccc(CC(=O)C=C)c1. The van der Waals surface area contributed by atoms with E-state index in [1.54, 1.807) is 0 Å². The van der Waals surface area contributed by atoms with Crippen molar-refractivity contribution in [2.45, 2.75) is 6.42 Å². The molecule has 0 amide bonds. The standard InChI is InChI=1S/C26H26N6O/c1-4-23(33)16-19-7-5-8-20(15-19)25-24(27-2)18-28-26(30-25)29-21-9-6-10-22(17-21)32-13-11-31(3)12-14-32/h4-10,15,17-18H,1,11-14,16H2,3H3,(H,28,29,30). The first kappa shape index (κ1) is 22.2. The first-order valence-electron chi connectivity index (χ1n) is 10.9. The van der Waals surface area contributed by atoms with Crippen molar-refractivity contribution in [1.82, 2.24) is 14.9 Å². The van der Waals surface area contributed by atoms with Crippen molar-refractivity contribution >= 4 is 28.8 Å². The number of piperazine rings is 1. The maximum atomic E-state index is 11.8. The summed E-state index contributed by atoms with van der Waals surface area (Å²) in [4.78, 5) is 29.0. The molecule has 166 valence electrons. The third-order valence-corrected chi connectivity index (χ3v) is 5.67. The fourth-order valence-corrected chi connectivity index (χ4v) is 3.81. The number of rotatable bonds is 7. The van der Waals surface area contributed by atoms with Crippen LogP contribution in [-0.4, -0.2) is 53.9 Å². The minimum absolute atomic E-state index is 0.0529. The molecule has 0 bridgehead atoms. The van der Waals surface area contributed by atoms with E-state index in [1.807, 2.05) is 36.4 Å². The topological polar surface area (TPSA) is 65.7 Å². The Labute approximate surface area is 194 Å². The van der Waals surface area contributed by atoms with Gasteiger partial charge in [-0.1, -0.05) is 36.9 Å². The van der Waals surface area contributed by atoms with E-state index >= 15 is 0 Å². The van der Waals surface area contributed by atoms with E-state index in [1.165, 1.54) is 12.3 Å². The first-order chi connectivity index (χ1) is 16.1. The van der Waals surface area contributed by atoms with Crippen LogP contribution in [0.3, 0.4) is 0 Å². The molecule has 0 aliphatic carbocycles. The number of allylic oxidation sites excluding steroid dienone is 1. The monoisotopic (exact) mass is 438 g/mol. The molecule has 0 saturated carbocycles. The minimum Gasteiger partial charge on any atom is -0.369 e. The van der Waals surface area contributed by atoms with Gasteiger partial charge in [0, 0.05) is 50.2 Å². The second-order valence-corrected chi connectivity index (χ2v) is 8.05. The van der Waals surface area contributed by atoms with Crippen LogP contribution in [0.4, 0.5) is 23.0 Å². The number of hydrogen-bond donors (Lipinski definition) is 1. The van der Waals surface area contributed by atoms with Gasteiger partial charge in [0.05, 0.1) is 12.3 Å². The molecule has 33 heavy (non-hydrogen) atoms. The van der Waals surface area contributed by atoms with Gasteiger partial charge in [-0.3, -0.25) is 4.79 Å². The zero-order valence-corrected chi connectivity index (χ0v) is 18.7. The summed E-state index contributed by atoms with van der Waals surface area (Å²) < 4.78 is 0. The lowest BCUT2D eigenvalue weighted by atomic mass is 10.0. The van der Waals surface area contributed by atoms with Gasteiger partial charge in [0.25, 0.3) is 0 Å². The zero-order chi connectivity index (χ0) is 23.2. The van der Waals surface area contributed by atoms with E-state index in [4.69, 9.17) is 6.57 Å². The lowest BCUT2D eigenvalue weighted by molar-refractivity contribution is -0.114. The molecule has 1 aliphatic heterocycles. The lowest BCUT2D eigenvalue weighted by Gasteiger charge is -2.34. The number of carbonyl (C=O) groups excluding carboxylic acids is 1. The molecule has 2 aromatic carbocycles. The molecule has 1 N–H and O–H groups in total. The van der Waals surface area contributed by atoms with Crippen LogP contribution in [0.25, 0.3) is 16.1 Å². The van der Waals surface area contributed by atoms with E-state index in [9.17, 15) is 4.79 Å². The Morgan fingerprint density at radius 2 is 1.97 bits per heavy atom. The summed E-state index contributed by atoms with van der Waals surface area (Å²) in [6, 6.07) is 15.7. The molecular formula is C26H26N6O. The molecule has 0 unspecified atom stereocenters. The number of nitrogens with zero attached hydrogens (tertiary/aromatic N) is 5. The van der Waals surface area contributed by atoms with Crippen molar-refractivity contribution in [3.05, 3.63) is 84.4 Å². The third-order valence-electron chi connectivity index (χ3n) is 5.67. The van der Waals surface area contributed by atoms with Gasteiger partial charge in [-0.05, 0) is 42.4 Å². The van der Waals surface area contributed by atoms with Gasteiger partial charge in [0.2, 0.25) is 11.6 Å². The summed E-state index contributed by atoms with van der Waals surface area (Å²) in [6.07, 6.45) is 3.11. The van der Waals surface area contributed by atoms with E-state index < -0.39 is 0 Å². The highest BCUT2D eigenvalue weighted by Gasteiger charge is 2.15. The molecule has 4 rings (SSSR count). The van der Waals surface area contributed by atoms with Crippen LogP contribution >= 0.6 is 0 Å². The lowest BCUT2D eigenvalue weighted by Crippen LogP contribution is -2.44. The Morgan fingerprint density at radius 1 is 1.18 bits per heavy atom. The van der Waals surface area contributed by atoms with Crippen LogP contribution in [-0.2, 0) is 11.2 Å². The first-order valence-corrected chi connectivity index (χ1v) is 10.9. The minimum atomic E-state index is -0.0529. The van der Waals surface area contributed by atoms with Gasteiger partial charge in [-0.2, -0.15) is 0 Å². The summed E-state index contributed by atoms with van der Waals surface area (Å²) >= 11 is 0. The Hall–Kier alpha value is -4.02. The zero-order valence-electron chi connectivity index (χ0n) is 18.7. The van der Waals surface area contributed by atoms with Crippen molar-refractivity contribution in [3.8, 4) is 11.3 Å². The number of likely N-dealkylation sites (N-methyl/N-ethyl adjacent to an activating group) is 1. The predicted octanol–water partition coefficient (Wildman–Crippen LogP) is 4.49.